The highest BCUT2D eigenvalue weighted by Crippen LogP contribution is 2.13. The van der Waals surface area contributed by atoms with Crippen LogP contribution < -0.4 is 10.2 Å². The number of aliphatic hydroxyl groups is 1. The second kappa shape index (κ2) is 5.65. The van der Waals surface area contributed by atoms with Crippen molar-refractivity contribution in [3.05, 3.63) is 11.8 Å². The number of hydrogen-bond donors (Lipinski definition) is 2. The molecule has 0 aliphatic heterocycles. The molecule has 1 aromatic heterocycles. The summed E-state index contributed by atoms with van der Waals surface area (Å²) < 4.78 is 0. The lowest BCUT2D eigenvalue weighted by Crippen LogP contribution is -2.28. The molecule has 0 saturated heterocycles. The topological polar surface area (TPSA) is 61.3 Å². The molecule has 0 bridgehead atoms. The van der Waals surface area contributed by atoms with Gasteiger partial charge in [-0.15, -0.1) is 0 Å². The molecule has 1 rings (SSSR count). The molecular formula is C11H20N4O. The van der Waals surface area contributed by atoms with Crippen LogP contribution in [0.5, 0.6) is 0 Å². The molecule has 0 fully saturated rings. The van der Waals surface area contributed by atoms with Crippen LogP contribution in [0.4, 0.5) is 11.8 Å². The molecule has 16 heavy (non-hydrogen) atoms. The van der Waals surface area contributed by atoms with Gasteiger partial charge in [-0.25, -0.2) is 4.98 Å². The molecule has 0 amide bonds. The summed E-state index contributed by atoms with van der Waals surface area (Å²) in [5.74, 6) is 1.46. The highest BCUT2D eigenvalue weighted by atomic mass is 16.3. The van der Waals surface area contributed by atoms with E-state index in [4.69, 9.17) is 0 Å². The van der Waals surface area contributed by atoms with Crippen molar-refractivity contribution in [3.8, 4) is 0 Å². The number of likely N-dealkylation sites (N-methyl/N-ethyl adjacent to an activating group) is 1. The number of nitrogens with one attached hydrogen (secondary N) is 1. The van der Waals surface area contributed by atoms with E-state index in [2.05, 4.69) is 15.3 Å². The minimum atomic E-state index is -0.372. The Hall–Kier alpha value is -1.36. The van der Waals surface area contributed by atoms with E-state index in [1.165, 1.54) is 0 Å². The quantitative estimate of drug-likeness (QED) is 0.782. The van der Waals surface area contributed by atoms with Crippen molar-refractivity contribution in [1.29, 1.82) is 0 Å². The summed E-state index contributed by atoms with van der Waals surface area (Å²) >= 11 is 0. The van der Waals surface area contributed by atoms with Gasteiger partial charge in [0, 0.05) is 31.9 Å². The van der Waals surface area contributed by atoms with E-state index < -0.39 is 0 Å². The first-order chi connectivity index (χ1) is 7.52. The van der Waals surface area contributed by atoms with Crippen molar-refractivity contribution in [2.45, 2.75) is 26.9 Å². The van der Waals surface area contributed by atoms with Crippen molar-refractivity contribution in [2.75, 3.05) is 30.4 Å². The summed E-state index contributed by atoms with van der Waals surface area (Å²) in [4.78, 5) is 10.6. The maximum atomic E-state index is 9.33. The summed E-state index contributed by atoms with van der Waals surface area (Å²) in [5.41, 5.74) is 0.915. The fraction of sp³-hybridized carbons (Fsp3) is 0.636. The van der Waals surface area contributed by atoms with Gasteiger partial charge in [-0.05, 0) is 20.8 Å². The van der Waals surface area contributed by atoms with Crippen LogP contribution in [0.3, 0.4) is 0 Å². The molecule has 0 spiro atoms. The number of nitrogens with zero attached hydrogens (tertiary/aromatic N) is 3. The Kier molecular flexibility index (Phi) is 4.49. The van der Waals surface area contributed by atoms with Crippen LogP contribution in [0, 0.1) is 6.92 Å². The summed E-state index contributed by atoms with van der Waals surface area (Å²) in [6.45, 7) is 7.05. The summed E-state index contributed by atoms with van der Waals surface area (Å²) in [5, 5.41) is 12.4. The van der Waals surface area contributed by atoms with Crippen molar-refractivity contribution >= 4 is 11.8 Å². The zero-order chi connectivity index (χ0) is 12.1. The smallest absolute Gasteiger partial charge is 0.224 e. The second-order valence-electron chi connectivity index (χ2n) is 3.95. The number of hydrogen-bond acceptors (Lipinski definition) is 5. The molecule has 0 radical (unpaired) electrons. The third-order valence-corrected chi connectivity index (χ3v) is 2.10. The highest BCUT2D eigenvalue weighted by molar-refractivity contribution is 5.44. The minimum Gasteiger partial charge on any atom is -0.392 e. The Morgan fingerprint density at radius 3 is 2.75 bits per heavy atom. The molecule has 2 N–H and O–H groups in total. The Balaban J connectivity index is 2.86. The van der Waals surface area contributed by atoms with Gasteiger partial charge in [0.1, 0.15) is 5.82 Å². The molecule has 5 nitrogen and oxygen atoms in total. The minimum absolute atomic E-state index is 0.372. The van der Waals surface area contributed by atoms with Gasteiger partial charge in [-0.2, -0.15) is 4.98 Å². The van der Waals surface area contributed by atoms with Gasteiger partial charge >= 0.3 is 0 Å². The number of aryl methyl sites for hydroxylation is 1. The molecule has 0 aliphatic rings. The number of rotatable bonds is 5. The lowest BCUT2D eigenvalue weighted by atomic mass is 10.3. The fourth-order valence-electron chi connectivity index (χ4n) is 1.47. The van der Waals surface area contributed by atoms with Gasteiger partial charge in [-0.3, -0.25) is 0 Å². The average Bonchev–Trinajstić information content (AvgIpc) is 2.16. The van der Waals surface area contributed by atoms with Crippen LogP contribution in [-0.4, -0.2) is 41.3 Å². The average molecular weight is 224 g/mol. The third-order valence-electron chi connectivity index (χ3n) is 2.10. The number of aliphatic hydroxyl groups excluding tert-OH is 1. The first-order valence-electron chi connectivity index (χ1n) is 5.51. The van der Waals surface area contributed by atoms with Gasteiger partial charge in [0.05, 0.1) is 6.10 Å². The number of aromatic nitrogens is 2. The van der Waals surface area contributed by atoms with E-state index in [9.17, 15) is 5.11 Å². The van der Waals surface area contributed by atoms with E-state index in [0.717, 1.165) is 18.1 Å². The molecule has 0 aliphatic carbocycles. The molecule has 5 heteroatoms. The Morgan fingerprint density at radius 2 is 2.19 bits per heavy atom. The van der Waals surface area contributed by atoms with E-state index >= 15 is 0 Å². The first kappa shape index (κ1) is 12.7. The maximum absolute atomic E-state index is 9.33. The predicted octanol–water partition coefficient (Wildman–Crippen LogP) is 1.03. The molecular weight excluding hydrogens is 204 g/mol. The third kappa shape index (κ3) is 3.66. The standard InChI is InChI=1S/C11H20N4O/c1-5-12-11-13-8(2)6-10(14-11)15(4)7-9(3)16/h6,9,16H,5,7H2,1-4H3,(H,12,13,14). The van der Waals surface area contributed by atoms with Crippen LogP contribution >= 0.6 is 0 Å². The predicted molar refractivity (Wildman–Crippen MR) is 65.9 cm³/mol. The molecule has 0 saturated carbocycles. The molecule has 0 aromatic carbocycles. The molecule has 1 heterocycles. The lowest BCUT2D eigenvalue weighted by molar-refractivity contribution is 0.201. The molecule has 1 aromatic rings. The fourth-order valence-corrected chi connectivity index (χ4v) is 1.47. The van der Waals surface area contributed by atoms with Crippen LogP contribution in [0.2, 0.25) is 0 Å². The van der Waals surface area contributed by atoms with Gasteiger partial charge in [0.2, 0.25) is 5.95 Å². The van der Waals surface area contributed by atoms with Crippen LogP contribution in [0.1, 0.15) is 19.5 Å². The zero-order valence-electron chi connectivity index (χ0n) is 10.4. The largest absolute Gasteiger partial charge is 0.392 e. The molecule has 1 atom stereocenters. The van der Waals surface area contributed by atoms with E-state index in [1.54, 1.807) is 6.92 Å². The monoisotopic (exact) mass is 224 g/mol. The second-order valence-corrected chi connectivity index (χ2v) is 3.95. The van der Waals surface area contributed by atoms with E-state index in [0.29, 0.717) is 12.5 Å². The van der Waals surface area contributed by atoms with Crippen molar-refractivity contribution < 1.29 is 5.11 Å². The van der Waals surface area contributed by atoms with E-state index in [1.807, 2.05) is 31.9 Å². The normalized spacial score (nSPS) is 12.3. The van der Waals surface area contributed by atoms with Gasteiger partial charge in [0.15, 0.2) is 0 Å². The Bertz CT molecular complexity index is 341. The van der Waals surface area contributed by atoms with Gasteiger partial charge in [-0.1, -0.05) is 0 Å². The summed E-state index contributed by atoms with van der Waals surface area (Å²) in [6.07, 6.45) is -0.372. The summed E-state index contributed by atoms with van der Waals surface area (Å²) in [6, 6.07) is 1.91. The Morgan fingerprint density at radius 1 is 1.50 bits per heavy atom. The Labute approximate surface area is 96.5 Å². The SMILES string of the molecule is CCNc1nc(C)cc(N(C)CC(C)O)n1. The molecule has 90 valence electrons. The molecule has 1 unspecified atom stereocenters. The van der Waals surface area contributed by atoms with Gasteiger partial charge < -0.3 is 15.3 Å². The maximum Gasteiger partial charge on any atom is 0.224 e. The first-order valence-corrected chi connectivity index (χ1v) is 5.51. The van der Waals surface area contributed by atoms with Gasteiger partial charge in [0.25, 0.3) is 0 Å². The van der Waals surface area contributed by atoms with Crippen molar-refractivity contribution in [1.82, 2.24) is 9.97 Å². The zero-order valence-corrected chi connectivity index (χ0v) is 10.4. The highest BCUT2D eigenvalue weighted by Gasteiger charge is 2.08. The summed E-state index contributed by atoms with van der Waals surface area (Å²) in [7, 11) is 1.91. The van der Waals surface area contributed by atoms with Crippen LogP contribution in [-0.2, 0) is 0 Å². The number of anilines is 2. The van der Waals surface area contributed by atoms with Crippen LogP contribution in [0.15, 0.2) is 6.07 Å². The van der Waals surface area contributed by atoms with Crippen LogP contribution in [0.25, 0.3) is 0 Å². The van der Waals surface area contributed by atoms with Crippen molar-refractivity contribution in [2.24, 2.45) is 0 Å². The van der Waals surface area contributed by atoms with E-state index in [-0.39, 0.29) is 6.10 Å². The lowest BCUT2D eigenvalue weighted by Gasteiger charge is -2.20. The van der Waals surface area contributed by atoms with Crippen molar-refractivity contribution in [3.63, 3.8) is 0 Å².